The lowest BCUT2D eigenvalue weighted by molar-refractivity contribution is -0.137. The van der Waals surface area contributed by atoms with Gasteiger partial charge in [0.2, 0.25) is 0 Å². The minimum atomic E-state index is -4.47. The van der Waals surface area contributed by atoms with Crippen molar-refractivity contribution in [3.63, 3.8) is 0 Å². The molecular formula is C19H15BrF3NO3. The number of halogens is 4. The van der Waals surface area contributed by atoms with E-state index in [0.717, 1.165) is 12.1 Å². The molecule has 0 unspecified atom stereocenters. The summed E-state index contributed by atoms with van der Waals surface area (Å²) in [4.78, 5) is 12.3. The van der Waals surface area contributed by atoms with Gasteiger partial charge in [-0.3, -0.25) is 4.79 Å². The standard InChI is InChI=1S/C19H15BrF3NO3/c1-3-27-16-8-10(7-14(20)17(16)26-2)6-13-12-5-4-11(19(21,22)23)9-15(12)24-18(13)25/h4-9H,3H2,1-2H3,(H,24,25)/b13-6-. The van der Waals surface area contributed by atoms with Gasteiger partial charge in [-0.05, 0) is 58.8 Å². The molecule has 0 radical (unpaired) electrons. The number of carbonyl (C=O) groups excluding carboxylic acids is 1. The fourth-order valence-corrected chi connectivity index (χ4v) is 3.43. The molecule has 4 nitrogen and oxygen atoms in total. The van der Waals surface area contributed by atoms with Crippen molar-refractivity contribution in [2.24, 2.45) is 0 Å². The first kappa shape index (κ1) is 19.3. The van der Waals surface area contributed by atoms with Crippen LogP contribution in [0, 0.1) is 0 Å². The first-order valence-electron chi connectivity index (χ1n) is 7.99. The number of hydrogen-bond acceptors (Lipinski definition) is 3. The van der Waals surface area contributed by atoms with Gasteiger partial charge in [0.1, 0.15) is 0 Å². The topological polar surface area (TPSA) is 47.6 Å². The van der Waals surface area contributed by atoms with Gasteiger partial charge in [0.15, 0.2) is 11.5 Å². The van der Waals surface area contributed by atoms with Crippen molar-refractivity contribution >= 4 is 39.2 Å². The molecule has 1 aliphatic rings. The minimum absolute atomic E-state index is 0.138. The van der Waals surface area contributed by atoms with Crippen molar-refractivity contribution in [2.45, 2.75) is 13.1 Å². The number of hydrogen-bond donors (Lipinski definition) is 1. The summed E-state index contributed by atoms with van der Waals surface area (Å²) < 4.78 is 50.1. The third-order valence-corrected chi connectivity index (χ3v) is 4.57. The van der Waals surface area contributed by atoms with Crippen molar-refractivity contribution < 1.29 is 27.4 Å². The highest BCUT2D eigenvalue weighted by molar-refractivity contribution is 9.10. The molecule has 27 heavy (non-hydrogen) atoms. The van der Waals surface area contributed by atoms with Crippen molar-refractivity contribution in [2.75, 3.05) is 19.0 Å². The summed E-state index contributed by atoms with van der Waals surface area (Å²) in [7, 11) is 1.51. The molecule has 0 bridgehead atoms. The van der Waals surface area contributed by atoms with Gasteiger partial charge in [0.05, 0.1) is 23.8 Å². The van der Waals surface area contributed by atoms with E-state index in [4.69, 9.17) is 9.47 Å². The predicted molar refractivity (Wildman–Crippen MR) is 99.8 cm³/mol. The van der Waals surface area contributed by atoms with E-state index < -0.39 is 17.6 Å². The molecular weight excluding hydrogens is 427 g/mol. The predicted octanol–water partition coefficient (Wildman–Crippen LogP) is 5.37. The maximum atomic E-state index is 12.9. The van der Waals surface area contributed by atoms with Gasteiger partial charge >= 0.3 is 6.18 Å². The number of rotatable bonds is 4. The molecule has 0 atom stereocenters. The molecule has 8 heteroatoms. The molecule has 0 saturated carbocycles. The quantitative estimate of drug-likeness (QED) is 0.648. The molecule has 2 aromatic rings. The zero-order valence-corrected chi connectivity index (χ0v) is 16.0. The van der Waals surface area contributed by atoms with E-state index in [1.165, 1.54) is 13.2 Å². The largest absolute Gasteiger partial charge is 0.492 e. The van der Waals surface area contributed by atoms with Gasteiger partial charge in [-0.1, -0.05) is 6.07 Å². The third kappa shape index (κ3) is 3.80. The van der Waals surface area contributed by atoms with Gasteiger partial charge in [-0.25, -0.2) is 0 Å². The van der Waals surface area contributed by atoms with Crippen LogP contribution in [0.5, 0.6) is 11.5 Å². The van der Waals surface area contributed by atoms with Gasteiger partial charge in [0.25, 0.3) is 5.91 Å². The minimum Gasteiger partial charge on any atom is -0.492 e. The monoisotopic (exact) mass is 441 g/mol. The van der Waals surface area contributed by atoms with Gasteiger partial charge in [0, 0.05) is 16.8 Å². The molecule has 2 aromatic carbocycles. The summed E-state index contributed by atoms with van der Waals surface area (Å²) in [5, 5.41) is 2.48. The summed E-state index contributed by atoms with van der Waals surface area (Å²) in [6.45, 7) is 2.25. The van der Waals surface area contributed by atoms with Crippen molar-refractivity contribution in [1.29, 1.82) is 0 Å². The third-order valence-electron chi connectivity index (χ3n) is 3.98. The first-order valence-corrected chi connectivity index (χ1v) is 8.79. The van der Waals surface area contributed by atoms with Crippen LogP contribution in [-0.2, 0) is 11.0 Å². The van der Waals surface area contributed by atoms with Gasteiger partial charge < -0.3 is 14.8 Å². The second-order valence-electron chi connectivity index (χ2n) is 5.74. The Balaban J connectivity index is 2.06. The van der Waals surface area contributed by atoms with E-state index in [1.54, 1.807) is 18.2 Å². The van der Waals surface area contributed by atoms with Crippen LogP contribution in [0.1, 0.15) is 23.6 Å². The summed E-state index contributed by atoms with van der Waals surface area (Å²) in [6.07, 6.45) is -2.87. The average molecular weight is 442 g/mol. The maximum absolute atomic E-state index is 12.9. The molecule has 0 aliphatic carbocycles. The number of benzene rings is 2. The van der Waals surface area contributed by atoms with Crippen LogP contribution >= 0.6 is 15.9 Å². The number of methoxy groups -OCH3 is 1. The summed E-state index contributed by atoms with van der Waals surface area (Å²) in [5.74, 6) is 0.548. The van der Waals surface area contributed by atoms with Crippen LogP contribution in [-0.4, -0.2) is 19.6 Å². The Hall–Kier alpha value is -2.48. The molecule has 1 heterocycles. The molecule has 1 amide bonds. The Kier molecular flexibility index (Phi) is 5.19. The van der Waals surface area contributed by atoms with Crippen LogP contribution in [0.15, 0.2) is 34.8 Å². The SMILES string of the molecule is CCOc1cc(/C=C2\C(=O)Nc3cc(C(F)(F)F)ccc32)cc(Br)c1OC. The Labute approximate surface area is 162 Å². The number of fused-ring (bicyclic) bond motifs is 1. The van der Waals surface area contributed by atoms with Crippen molar-refractivity contribution in [3.05, 3.63) is 51.5 Å². The van der Waals surface area contributed by atoms with Gasteiger partial charge in [-0.2, -0.15) is 13.2 Å². The molecule has 0 spiro atoms. The van der Waals surface area contributed by atoms with E-state index in [2.05, 4.69) is 21.2 Å². The highest BCUT2D eigenvalue weighted by atomic mass is 79.9. The molecule has 3 rings (SSSR count). The van der Waals surface area contributed by atoms with Crippen LogP contribution in [0.3, 0.4) is 0 Å². The summed E-state index contributed by atoms with van der Waals surface area (Å²) in [5.41, 5.74) is 0.660. The Morgan fingerprint density at radius 3 is 2.59 bits per heavy atom. The molecule has 1 aliphatic heterocycles. The smallest absolute Gasteiger partial charge is 0.416 e. The lowest BCUT2D eigenvalue weighted by Crippen LogP contribution is -2.06. The highest BCUT2D eigenvalue weighted by Crippen LogP contribution is 2.40. The lowest BCUT2D eigenvalue weighted by atomic mass is 10.0. The maximum Gasteiger partial charge on any atom is 0.416 e. The molecule has 0 saturated heterocycles. The lowest BCUT2D eigenvalue weighted by Gasteiger charge is -2.12. The number of carbonyl (C=O) groups is 1. The molecule has 0 fully saturated rings. The molecule has 142 valence electrons. The van der Waals surface area contributed by atoms with E-state index in [0.29, 0.717) is 33.7 Å². The first-order chi connectivity index (χ1) is 12.7. The second-order valence-corrected chi connectivity index (χ2v) is 6.59. The van der Waals surface area contributed by atoms with Crippen molar-refractivity contribution in [3.8, 4) is 11.5 Å². The summed E-state index contributed by atoms with van der Waals surface area (Å²) in [6, 6.07) is 6.63. The summed E-state index contributed by atoms with van der Waals surface area (Å²) >= 11 is 3.40. The number of amides is 1. The van der Waals surface area contributed by atoms with E-state index in [9.17, 15) is 18.0 Å². The van der Waals surface area contributed by atoms with Crippen LogP contribution in [0.2, 0.25) is 0 Å². The number of ether oxygens (including phenoxy) is 2. The van der Waals surface area contributed by atoms with Crippen LogP contribution in [0.25, 0.3) is 11.6 Å². The van der Waals surface area contributed by atoms with Crippen LogP contribution < -0.4 is 14.8 Å². The molecule has 1 N–H and O–H groups in total. The van der Waals surface area contributed by atoms with E-state index >= 15 is 0 Å². The second kappa shape index (κ2) is 7.26. The number of alkyl halides is 3. The fourth-order valence-electron chi connectivity index (χ4n) is 2.81. The van der Waals surface area contributed by atoms with Crippen LogP contribution in [0.4, 0.5) is 18.9 Å². The Morgan fingerprint density at radius 1 is 1.22 bits per heavy atom. The fraction of sp³-hybridized carbons (Fsp3) is 0.211. The average Bonchev–Trinajstić information content (AvgIpc) is 2.89. The van der Waals surface area contributed by atoms with E-state index in [1.807, 2.05) is 6.92 Å². The highest BCUT2D eigenvalue weighted by Gasteiger charge is 2.33. The Bertz CT molecular complexity index is 939. The zero-order valence-electron chi connectivity index (χ0n) is 14.4. The Morgan fingerprint density at radius 2 is 1.96 bits per heavy atom. The number of anilines is 1. The normalized spacial score (nSPS) is 14.9. The van der Waals surface area contributed by atoms with Gasteiger partial charge in [-0.15, -0.1) is 0 Å². The van der Waals surface area contributed by atoms with E-state index in [-0.39, 0.29) is 11.3 Å². The molecule has 0 aromatic heterocycles. The zero-order chi connectivity index (χ0) is 19.8. The van der Waals surface area contributed by atoms with Crippen molar-refractivity contribution in [1.82, 2.24) is 0 Å². The number of nitrogens with one attached hydrogen (secondary N) is 1.